The molecular formula is C25H19Cl2N5O2S2. The van der Waals surface area contributed by atoms with E-state index in [1.807, 2.05) is 42.5 Å². The molecule has 4 heterocycles. The predicted molar refractivity (Wildman–Crippen MR) is 146 cm³/mol. The highest BCUT2D eigenvalue weighted by Gasteiger charge is 2.22. The molecule has 4 aromatic heterocycles. The average molecular weight is 557 g/mol. The van der Waals surface area contributed by atoms with Crippen LogP contribution in [0.1, 0.15) is 20.1 Å². The molecule has 0 fully saturated rings. The molecule has 0 radical (unpaired) electrons. The zero-order valence-electron chi connectivity index (χ0n) is 18.7. The van der Waals surface area contributed by atoms with Crippen LogP contribution in [0.3, 0.4) is 0 Å². The van der Waals surface area contributed by atoms with Crippen LogP contribution in [0, 0.1) is 0 Å². The van der Waals surface area contributed by atoms with Crippen molar-refractivity contribution in [3.8, 4) is 11.4 Å². The molecule has 7 nitrogen and oxygen atoms in total. The number of aromatic nitrogens is 4. The molecule has 1 aromatic carbocycles. The number of halogens is 2. The average Bonchev–Trinajstić information content (AvgIpc) is 3.65. The van der Waals surface area contributed by atoms with E-state index in [9.17, 15) is 9.59 Å². The largest absolute Gasteiger partial charge is 0.365 e. The maximum absolute atomic E-state index is 13.2. The van der Waals surface area contributed by atoms with Crippen LogP contribution in [0.2, 0.25) is 9.36 Å². The Morgan fingerprint density at radius 2 is 1.89 bits per heavy atom. The first kappa shape index (κ1) is 24.5. The van der Waals surface area contributed by atoms with Crippen LogP contribution < -0.4 is 10.9 Å². The molecular weight excluding hydrogens is 537 g/mol. The predicted octanol–water partition coefficient (Wildman–Crippen LogP) is 6.08. The van der Waals surface area contributed by atoms with Crippen molar-refractivity contribution >= 4 is 57.6 Å². The van der Waals surface area contributed by atoms with E-state index in [1.165, 1.54) is 39.6 Å². The molecule has 0 amide bonds. The molecule has 36 heavy (non-hydrogen) atoms. The van der Waals surface area contributed by atoms with Gasteiger partial charge in [0.05, 0.1) is 33.3 Å². The summed E-state index contributed by atoms with van der Waals surface area (Å²) in [6.45, 7) is 0.854. The Labute approximate surface area is 224 Å². The summed E-state index contributed by atoms with van der Waals surface area (Å²) < 4.78 is 3.57. The van der Waals surface area contributed by atoms with E-state index in [0.717, 1.165) is 10.4 Å². The number of carbonyl (C=O) groups is 1. The summed E-state index contributed by atoms with van der Waals surface area (Å²) in [7, 11) is 0. The first-order valence-electron chi connectivity index (χ1n) is 10.9. The van der Waals surface area contributed by atoms with Crippen molar-refractivity contribution in [2.45, 2.75) is 19.5 Å². The Balaban J connectivity index is 1.54. The van der Waals surface area contributed by atoms with Crippen LogP contribution in [0.15, 0.2) is 77.2 Å². The maximum atomic E-state index is 13.2. The number of nitrogens with one attached hydrogen (secondary N) is 1. The van der Waals surface area contributed by atoms with Crippen LogP contribution >= 0.6 is 45.9 Å². The summed E-state index contributed by atoms with van der Waals surface area (Å²) in [5.41, 5.74) is 3.36. The van der Waals surface area contributed by atoms with E-state index in [1.54, 1.807) is 22.2 Å². The number of nitrogens with zero attached hydrogens (tertiary/aromatic N) is 4. The number of benzene rings is 1. The molecule has 0 saturated carbocycles. The van der Waals surface area contributed by atoms with Gasteiger partial charge in [-0.2, -0.15) is 9.78 Å². The third-order valence-electron chi connectivity index (χ3n) is 5.46. The number of anilines is 1. The highest BCUT2D eigenvalue weighted by molar-refractivity contribution is 7.16. The first-order valence-corrected chi connectivity index (χ1v) is 13.4. The van der Waals surface area contributed by atoms with Crippen LogP contribution in [0.4, 0.5) is 5.82 Å². The van der Waals surface area contributed by atoms with Crippen molar-refractivity contribution in [1.29, 1.82) is 0 Å². The van der Waals surface area contributed by atoms with Crippen molar-refractivity contribution < 1.29 is 4.79 Å². The molecule has 0 saturated heterocycles. The van der Waals surface area contributed by atoms with Gasteiger partial charge in [-0.3, -0.25) is 14.6 Å². The van der Waals surface area contributed by atoms with Gasteiger partial charge in [-0.05, 0) is 30.2 Å². The highest BCUT2D eigenvalue weighted by Crippen LogP contribution is 2.30. The number of thiazole rings is 1. The highest BCUT2D eigenvalue weighted by atomic mass is 35.5. The minimum atomic E-state index is -0.333. The third-order valence-corrected chi connectivity index (χ3v) is 7.76. The second-order valence-electron chi connectivity index (χ2n) is 7.81. The van der Waals surface area contributed by atoms with Crippen LogP contribution in [-0.2, 0) is 19.5 Å². The molecule has 0 bridgehead atoms. The van der Waals surface area contributed by atoms with Gasteiger partial charge in [0.25, 0.3) is 11.5 Å². The van der Waals surface area contributed by atoms with Gasteiger partial charge < -0.3 is 9.88 Å². The van der Waals surface area contributed by atoms with Crippen LogP contribution in [0.25, 0.3) is 11.4 Å². The molecule has 5 aromatic rings. The minimum Gasteiger partial charge on any atom is -0.365 e. The van der Waals surface area contributed by atoms with Gasteiger partial charge in [0.15, 0.2) is 0 Å². The number of aryl methyl sites for hydroxylation is 1. The molecule has 1 N–H and O–H groups in total. The monoisotopic (exact) mass is 555 g/mol. The van der Waals surface area contributed by atoms with Crippen LogP contribution in [0.5, 0.6) is 0 Å². The summed E-state index contributed by atoms with van der Waals surface area (Å²) in [6, 6.07) is 18.4. The van der Waals surface area contributed by atoms with Gasteiger partial charge in [0, 0.05) is 23.6 Å². The summed E-state index contributed by atoms with van der Waals surface area (Å²) >= 11 is 15.3. The van der Waals surface area contributed by atoms with Crippen molar-refractivity contribution in [2.75, 3.05) is 5.32 Å². The van der Waals surface area contributed by atoms with Crippen molar-refractivity contribution in [2.24, 2.45) is 0 Å². The van der Waals surface area contributed by atoms with Gasteiger partial charge >= 0.3 is 0 Å². The summed E-state index contributed by atoms with van der Waals surface area (Å²) in [6.07, 6.45) is 2.14. The number of hydrogen-bond acceptors (Lipinski definition) is 7. The maximum Gasteiger partial charge on any atom is 0.291 e. The zero-order valence-corrected chi connectivity index (χ0v) is 21.9. The lowest BCUT2D eigenvalue weighted by Gasteiger charge is -2.12. The Morgan fingerprint density at radius 3 is 2.61 bits per heavy atom. The molecule has 0 aliphatic rings. The lowest BCUT2D eigenvalue weighted by atomic mass is 10.1. The molecule has 0 aliphatic carbocycles. The standard InChI is InChI=1S/C25H19Cl2N5O2S2/c26-18-7-9-23(33)31(11-10-16-4-2-1-3-5-16)24(18)19-12-22(29-13-17-6-8-21(27)36-17)32(30-19)25(34)20-14-28-15-35-20/h1-9,12,14-15,29H,10-11,13H2. The fourth-order valence-corrected chi connectivity index (χ4v) is 5.58. The van der Waals surface area contributed by atoms with Crippen molar-refractivity contribution in [3.05, 3.63) is 107 Å². The Bertz CT molecular complexity index is 1560. The van der Waals surface area contributed by atoms with Gasteiger partial charge in [0.2, 0.25) is 0 Å². The minimum absolute atomic E-state index is 0.198. The Morgan fingerprint density at radius 1 is 1.06 bits per heavy atom. The van der Waals surface area contributed by atoms with Gasteiger partial charge in [0.1, 0.15) is 16.4 Å². The van der Waals surface area contributed by atoms with Crippen LogP contribution in [-0.4, -0.2) is 25.2 Å². The van der Waals surface area contributed by atoms with Gasteiger partial charge in [-0.15, -0.1) is 22.7 Å². The molecule has 0 unspecified atom stereocenters. The van der Waals surface area contributed by atoms with Crippen molar-refractivity contribution in [3.63, 3.8) is 0 Å². The van der Waals surface area contributed by atoms with E-state index in [0.29, 0.717) is 51.0 Å². The molecule has 0 spiro atoms. The summed E-state index contributed by atoms with van der Waals surface area (Å²) in [4.78, 5) is 31.6. The third kappa shape index (κ3) is 5.29. The Kier molecular flexibility index (Phi) is 7.33. The summed E-state index contributed by atoms with van der Waals surface area (Å²) in [5.74, 6) is 0.135. The quantitative estimate of drug-likeness (QED) is 0.251. The lowest BCUT2D eigenvalue weighted by molar-refractivity contribution is 0.0951. The topological polar surface area (TPSA) is 81.8 Å². The molecule has 182 valence electrons. The van der Waals surface area contributed by atoms with E-state index >= 15 is 0 Å². The second kappa shape index (κ2) is 10.8. The van der Waals surface area contributed by atoms with Crippen molar-refractivity contribution in [1.82, 2.24) is 19.3 Å². The van der Waals surface area contributed by atoms with Gasteiger partial charge in [-0.25, -0.2) is 0 Å². The lowest BCUT2D eigenvalue weighted by Crippen LogP contribution is -2.22. The second-order valence-corrected chi connectivity index (χ2v) is 10.9. The van der Waals surface area contributed by atoms with E-state index < -0.39 is 0 Å². The fraction of sp³-hybridized carbons (Fsp3) is 0.120. The summed E-state index contributed by atoms with van der Waals surface area (Å²) in [5, 5.41) is 8.23. The number of thiophene rings is 1. The Hall–Kier alpha value is -3.24. The molecule has 5 rings (SSSR count). The number of carbonyl (C=O) groups excluding carboxylic acids is 1. The molecule has 0 atom stereocenters. The number of hydrogen-bond donors (Lipinski definition) is 1. The SMILES string of the molecule is O=C(c1cncs1)n1nc(-c2c(Cl)ccc(=O)n2CCc2ccccc2)cc1NCc1ccc(Cl)s1. The number of pyridine rings is 1. The first-order chi connectivity index (χ1) is 17.5. The van der Waals surface area contributed by atoms with E-state index in [4.69, 9.17) is 23.2 Å². The smallest absolute Gasteiger partial charge is 0.291 e. The van der Waals surface area contributed by atoms with Gasteiger partial charge in [-0.1, -0.05) is 53.5 Å². The van der Waals surface area contributed by atoms with E-state index in [2.05, 4.69) is 15.4 Å². The molecule has 0 aliphatic heterocycles. The number of rotatable bonds is 8. The fourth-order valence-electron chi connectivity index (χ4n) is 3.75. The zero-order chi connectivity index (χ0) is 25.1. The normalized spacial score (nSPS) is 11.1. The molecule has 11 heteroatoms. The van der Waals surface area contributed by atoms with E-state index in [-0.39, 0.29) is 11.5 Å².